The van der Waals surface area contributed by atoms with Crippen LogP contribution >= 0.6 is 0 Å². The molecule has 0 saturated carbocycles. The number of aromatic nitrogens is 1. The largest absolute Gasteiger partial charge is 0.444 e. The molecule has 0 spiro atoms. The molecule has 4 nitrogen and oxygen atoms in total. The standard InChI is InChI=1S/C18H25N3O/c1-15(2)12-20-8-10-21(11-9-20)13-17-14-22-18(19-17)16-6-4-3-5-7-16/h3-7,14-15H,8-13H2,1-2H3. The van der Waals surface area contributed by atoms with Gasteiger partial charge in [0.25, 0.3) is 0 Å². The lowest BCUT2D eigenvalue weighted by Crippen LogP contribution is -2.46. The highest BCUT2D eigenvalue weighted by atomic mass is 16.3. The summed E-state index contributed by atoms with van der Waals surface area (Å²) >= 11 is 0. The molecule has 0 radical (unpaired) electrons. The molecule has 0 N–H and O–H groups in total. The van der Waals surface area contributed by atoms with Crippen LogP contribution in [0.2, 0.25) is 0 Å². The molecule has 1 fully saturated rings. The third kappa shape index (κ3) is 3.96. The minimum atomic E-state index is 0.717. The molecular weight excluding hydrogens is 274 g/mol. The van der Waals surface area contributed by atoms with Gasteiger partial charge in [-0.1, -0.05) is 32.0 Å². The molecule has 1 aliphatic heterocycles. The summed E-state index contributed by atoms with van der Waals surface area (Å²) in [6.45, 7) is 11.2. The van der Waals surface area contributed by atoms with Crippen molar-refractivity contribution in [1.29, 1.82) is 0 Å². The number of piperazine rings is 1. The van der Waals surface area contributed by atoms with Gasteiger partial charge in [-0.25, -0.2) is 4.98 Å². The van der Waals surface area contributed by atoms with Gasteiger partial charge in [-0.15, -0.1) is 0 Å². The maximum Gasteiger partial charge on any atom is 0.226 e. The Hall–Kier alpha value is -1.65. The summed E-state index contributed by atoms with van der Waals surface area (Å²) in [4.78, 5) is 9.64. The first-order valence-electron chi connectivity index (χ1n) is 8.15. The molecule has 22 heavy (non-hydrogen) atoms. The third-order valence-electron chi connectivity index (χ3n) is 4.05. The lowest BCUT2D eigenvalue weighted by atomic mass is 10.2. The monoisotopic (exact) mass is 299 g/mol. The van der Waals surface area contributed by atoms with E-state index in [1.807, 2.05) is 30.3 Å². The molecule has 0 aliphatic carbocycles. The van der Waals surface area contributed by atoms with Crippen molar-refractivity contribution >= 4 is 0 Å². The molecule has 118 valence electrons. The number of hydrogen-bond acceptors (Lipinski definition) is 4. The molecular formula is C18H25N3O. The molecule has 3 rings (SSSR count). The predicted molar refractivity (Wildman–Crippen MR) is 88.5 cm³/mol. The molecule has 2 heterocycles. The average molecular weight is 299 g/mol. The Bertz CT molecular complexity index is 571. The molecule has 2 aromatic rings. The Kier molecular flexibility index (Phi) is 4.90. The Morgan fingerprint density at radius 1 is 1.05 bits per heavy atom. The quantitative estimate of drug-likeness (QED) is 0.849. The summed E-state index contributed by atoms with van der Waals surface area (Å²) < 4.78 is 5.62. The SMILES string of the molecule is CC(C)CN1CCN(Cc2coc(-c3ccccc3)n2)CC1. The Morgan fingerprint density at radius 3 is 2.41 bits per heavy atom. The van der Waals surface area contributed by atoms with Gasteiger partial charge in [0.05, 0.1) is 5.69 Å². The van der Waals surface area contributed by atoms with E-state index in [1.165, 1.54) is 6.54 Å². The lowest BCUT2D eigenvalue weighted by molar-refractivity contribution is 0.116. The van der Waals surface area contributed by atoms with Gasteiger partial charge >= 0.3 is 0 Å². The topological polar surface area (TPSA) is 32.5 Å². The summed E-state index contributed by atoms with van der Waals surface area (Å²) in [7, 11) is 0. The second-order valence-corrected chi connectivity index (χ2v) is 6.48. The summed E-state index contributed by atoms with van der Waals surface area (Å²) in [5.74, 6) is 1.46. The average Bonchev–Trinajstić information content (AvgIpc) is 2.98. The van der Waals surface area contributed by atoms with E-state index >= 15 is 0 Å². The van der Waals surface area contributed by atoms with Crippen molar-refractivity contribution in [2.75, 3.05) is 32.7 Å². The third-order valence-corrected chi connectivity index (χ3v) is 4.05. The van der Waals surface area contributed by atoms with E-state index in [-0.39, 0.29) is 0 Å². The van der Waals surface area contributed by atoms with Crippen LogP contribution in [0.1, 0.15) is 19.5 Å². The van der Waals surface area contributed by atoms with E-state index < -0.39 is 0 Å². The molecule has 0 atom stereocenters. The highest BCUT2D eigenvalue weighted by Crippen LogP contribution is 2.19. The minimum absolute atomic E-state index is 0.717. The zero-order chi connectivity index (χ0) is 15.4. The van der Waals surface area contributed by atoms with E-state index in [1.54, 1.807) is 6.26 Å². The van der Waals surface area contributed by atoms with Crippen LogP contribution in [0.5, 0.6) is 0 Å². The zero-order valence-corrected chi connectivity index (χ0v) is 13.5. The van der Waals surface area contributed by atoms with E-state index in [4.69, 9.17) is 4.42 Å². The predicted octanol–water partition coefficient (Wildman–Crippen LogP) is 3.12. The van der Waals surface area contributed by atoms with Crippen molar-refractivity contribution < 1.29 is 4.42 Å². The van der Waals surface area contributed by atoms with Crippen molar-refractivity contribution in [3.63, 3.8) is 0 Å². The summed E-state index contributed by atoms with van der Waals surface area (Å²) in [6, 6.07) is 10.1. The summed E-state index contributed by atoms with van der Waals surface area (Å²) in [5, 5.41) is 0. The van der Waals surface area contributed by atoms with E-state index in [2.05, 4.69) is 28.6 Å². The van der Waals surface area contributed by atoms with Gasteiger partial charge in [0.15, 0.2) is 0 Å². The molecule has 1 aromatic carbocycles. The molecule has 0 amide bonds. The molecule has 1 aliphatic rings. The molecule has 4 heteroatoms. The maximum atomic E-state index is 5.62. The smallest absolute Gasteiger partial charge is 0.226 e. The van der Waals surface area contributed by atoms with Gasteiger partial charge in [0, 0.05) is 44.8 Å². The van der Waals surface area contributed by atoms with Crippen molar-refractivity contribution in [3.8, 4) is 11.5 Å². The van der Waals surface area contributed by atoms with Gasteiger partial charge in [-0.2, -0.15) is 0 Å². The lowest BCUT2D eigenvalue weighted by Gasteiger charge is -2.35. The fourth-order valence-corrected chi connectivity index (χ4v) is 2.97. The number of nitrogens with zero attached hydrogens (tertiary/aromatic N) is 3. The van der Waals surface area contributed by atoms with E-state index in [0.29, 0.717) is 5.89 Å². The second-order valence-electron chi connectivity index (χ2n) is 6.48. The van der Waals surface area contributed by atoms with Crippen LogP contribution in [0.15, 0.2) is 41.0 Å². The maximum absolute atomic E-state index is 5.62. The van der Waals surface area contributed by atoms with Crippen molar-refractivity contribution in [3.05, 3.63) is 42.3 Å². The van der Waals surface area contributed by atoms with Crippen molar-refractivity contribution in [1.82, 2.24) is 14.8 Å². The van der Waals surface area contributed by atoms with Gasteiger partial charge in [-0.05, 0) is 18.1 Å². The first-order valence-corrected chi connectivity index (χ1v) is 8.15. The van der Waals surface area contributed by atoms with Crippen molar-refractivity contribution in [2.24, 2.45) is 5.92 Å². The Labute approximate surface area is 132 Å². The number of hydrogen-bond donors (Lipinski definition) is 0. The molecule has 1 aromatic heterocycles. The first-order chi connectivity index (χ1) is 10.7. The Balaban J connectivity index is 1.54. The fourth-order valence-electron chi connectivity index (χ4n) is 2.97. The minimum Gasteiger partial charge on any atom is -0.444 e. The van der Waals surface area contributed by atoms with E-state index in [9.17, 15) is 0 Å². The molecule has 0 bridgehead atoms. The van der Waals surface area contributed by atoms with Crippen LogP contribution in [0, 0.1) is 5.92 Å². The summed E-state index contributed by atoms with van der Waals surface area (Å²) in [5.41, 5.74) is 2.06. The van der Waals surface area contributed by atoms with Crippen LogP contribution in [-0.4, -0.2) is 47.5 Å². The number of benzene rings is 1. The molecule has 1 saturated heterocycles. The van der Waals surface area contributed by atoms with Crippen LogP contribution in [0.4, 0.5) is 0 Å². The second kappa shape index (κ2) is 7.07. The highest BCUT2D eigenvalue weighted by Gasteiger charge is 2.18. The van der Waals surface area contributed by atoms with E-state index in [0.717, 1.165) is 49.9 Å². The fraction of sp³-hybridized carbons (Fsp3) is 0.500. The molecule has 0 unspecified atom stereocenters. The van der Waals surface area contributed by atoms with Crippen LogP contribution < -0.4 is 0 Å². The number of rotatable bonds is 5. The summed E-state index contributed by atoms with van der Waals surface area (Å²) in [6.07, 6.45) is 1.79. The van der Waals surface area contributed by atoms with Crippen LogP contribution in [0.3, 0.4) is 0 Å². The van der Waals surface area contributed by atoms with Crippen molar-refractivity contribution in [2.45, 2.75) is 20.4 Å². The van der Waals surface area contributed by atoms with Crippen LogP contribution in [0.25, 0.3) is 11.5 Å². The van der Waals surface area contributed by atoms with Crippen LogP contribution in [-0.2, 0) is 6.54 Å². The Morgan fingerprint density at radius 2 is 1.73 bits per heavy atom. The zero-order valence-electron chi connectivity index (χ0n) is 13.5. The first kappa shape index (κ1) is 15.3. The van der Waals surface area contributed by atoms with Gasteiger partial charge < -0.3 is 9.32 Å². The van der Waals surface area contributed by atoms with Gasteiger partial charge in [0.2, 0.25) is 5.89 Å². The number of oxazole rings is 1. The normalized spacial score (nSPS) is 17.2. The van der Waals surface area contributed by atoms with Gasteiger partial charge in [-0.3, -0.25) is 4.90 Å². The van der Waals surface area contributed by atoms with Gasteiger partial charge in [0.1, 0.15) is 6.26 Å². The highest BCUT2D eigenvalue weighted by molar-refractivity contribution is 5.52.